The fourth-order valence-electron chi connectivity index (χ4n) is 1.80. The van der Waals surface area contributed by atoms with Crippen LogP contribution in [0.3, 0.4) is 0 Å². The number of hydrogen-bond donors (Lipinski definition) is 2. The fraction of sp³-hybridized carbons (Fsp3) is 0.467. The third-order valence-electron chi connectivity index (χ3n) is 2.79. The minimum atomic E-state index is -1.03. The second-order valence-electron chi connectivity index (χ2n) is 5.31. The number of carboxylic acid groups (broad SMARTS) is 1. The van der Waals surface area contributed by atoms with Crippen molar-refractivity contribution in [2.45, 2.75) is 33.2 Å². The van der Waals surface area contributed by atoms with Gasteiger partial charge in [0.15, 0.2) is 6.61 Å². The third kappa shape index (κ3) is 6.16. The highest BCUT2D eigenvalue weighted by Crippen LogP contribution is 2.25. The van der Waals surface area contributed by atoms with E-state index in [0.29, 0.717) is 12.2 Å². The van der Waals surface area contributed by atoms with Crippen LogP contribution < -0.4 is 10.1 Å². The van der Waals surface area contributed by atoms with E-state index in [2.05, 4.69) is 21.2 Å². The number of rotatable bonds is 7. The van der Waals surface area contributed by atoms with Crippen molar-refractivity contribution < 1.29 is 19.4 Å². The average Bonchev–Trinajstić information content (AvgIpc) is 2.36. The average molecular weight is 358 g/mol. The first-order valence-electron chi connectivity index (χ1n) is 6.70. The van der Waals surface area contributed by atoms with Crippen LogP contribution in [0.1, 0.15) is 25.8 Å². The van der Waals surface area contributed by atoms with Crippen molar-refractivity contribution in [3.63, 3.8) is 0 Å². The van der Waals surface area contributed by atoms with E-state index in [1.807, 2.05) is 32.9 Å². The Morgan fingerprint density at radius 2 is 2.05 bits per heavy atom. The number of hydrogen-bond acceptors (Lipinski definition) is 3. The maximum absolute atomic E-state index is 11.8. The lowest BCUT2D eigenvalue weighted by Crippen LogP contribution is -2.43. The molecule has 0 heterocycles. The van der Waals surface area contributed by atoms with E-state index in [0.717, 1.165) is 10.0 Å². The van der Waals surface area contributed by atoms with Gasteiger partial charge in [-0.3, -0.25) is 4.79 Å². The van der Waals surface area contributed by atoms with E-state index < -0.39 is 17.9 Å². The molecule has 0 saturated carbocycles. The van der Waals surface area contributed by atoms with Gasteiger partial charge in [-0.05, 0) is 52.9 Å². The van der Waals surface area contributed by atoms with Gasteiger partial charge in [-0.25, -0.2) is 4.79 Å². The Balaban J connectivity index is 2.54. The number of ether oxygens (including phenoxy) is 1. The quantitative estimate of drug-likeness (QED) is 0.786. The van der Waals surface area contributed by atoms with Crippen molar-refractivity contribution in [2.75, 3.05) is 6.61 Å². The number of amides is 1. The Labute approximate surface area is 132 Å². The number of aliphatic carboxylic acids is 1. The molecule has 1 amide bonds. The zero-order valence-corrected chi connectivity index (χ0v) is 13.9. The SMILES string of the molecule is Cc1ccc(OCC(=O)N[C@@H](CC(C)C)C(=O)O)c(Br)c1. The van der Waals surface area contributed by atoms with Gasteiger partial charge in [-0.2, -0.15) is 0 Å². The van der Waals surface area contributed by atoms with Gasteiger partial charge in [0.2, 0.25) is 0 Å². The highest BCUT2D eigenvalue weighted by Gasteiger charge is 2.21. The van der Waals surface area contributed by atoms with E-state index in [4.69, 9.17) is 9.84 Å². The molecule has 1 rings (SSSR count). The molecule has 6 heteroatoms. The first-order valence-corrected chi connectivity index (χ1v) is 7.50. The van der Waals surface area contributed by atoms with Crippen LogP contribution in [0.5, 0.6) is 5.75 Å². The van der Waals surface area contributed by atoms with Crippen LogP contribution in [0.4, 0.5) is 0 Å². The maximum Gasteiger partial charge on any atom is 0.326 e. The van der Waals surface area contributed by atoms with Gasteiger partial charge in [0.1, 0.15) is 11.8 Å². The standard InChI is InChI=1S/C15H20BrNO4/c1-9(2)6-12(15(19)20)17-14(18)8-21-13-5-4-10(3)7-11(13)16/h4-5,7,9,12H,6,8H2,1-3H3,(H,17,18)(H,19,20)/t12-/m0/s1. The van der Waals surface area contributed by atoms with Crippen molar-refractivity contribution in [1.29, 1.82) is 0 Å². The van der Waals surface area contributed by atoms with Crippen molar-refractivity contribution in [2.24, 2.45) is 5.92 Å². The molecule has 0 bridgehead atoms. The van der Waals surface area contributed by atoms with Crippen LogP contribution in [-0.2, 0) is 9.59 Å². The Hall–Kier alpha value is -1.56. The molecule has 0 fully saturated rings. The van der Waals surface area contributed by atoms with E-state index >= 15 is 0 Å². The highest BCUT2D eigenvalue weighted by atomic mass is 79.9. The zero-order valence-electron chi connectivity index (χ0n) is 12.4. The Morgan fingerprint density at radius 1 is 1.38 bits per heavy atom. The summed E-state index contributed by atoms with van der Waals surface area (Å²) in [5.41, 5.74) is 1.07. The van der Waals surface area contributed by atoms with Gasteiger partial charge >= 0.3 is 5.97 Å². The molecule has 21 heavy (non-hydrogen) atoms. The molecule has 1 aromatic carbocycles. The number of nitrogens with one attached hydrogen (secondary N) is 1. The number of aryl methyl sites for hydroxylation is 1. The van der Waals surface area contributed by atoms with Crippen LogP contribution in [0.25, 0.3) is 0 Å². The Kier molecular flexibility index (Phi) is 6.68. The van der Waals surface area contributed by atoms with Crippen LogP contribution in [0.2, 0.25) is 0 Å². The summed E-state index contributed by atoms with van der Waals surface area (Å²) in [7, 11) is 0. The van der Waals surface area contributed by atoms with Crippen LogP contribution >= 0.6 is 15.9 Å². The molecule has 0 aromatic heterocycles. The van der Waals surface area contributed by atoms with Crippen LogP contribution in [0.15, 0.2) is 22.7 Å². The lowest BCUT2D eigenvalue weighted by molar-refractivity contribution is -0.142. The molecular weight excluding hydrogens is 338 g/mol. The summed E-state index contributed by atoms with van der Waals surface area (Å²) in [6.07, 6.45) is 0.384. The normalized spacial score (nSPS) is 12.0. The third-order valence-corrected chi connectivity index (χ3v) is 3.41. The fourth-order valence-corrected chi connectivity index (χ4v) is 2.40. The minimum absolute atomic E-state index is 0.179. The predicted octanol–water partition coefficient (Wildman–Crippen LogP) is 2.75. The monoisotopic (exact) mass is 357 g/mol. The Bertz CT molecular complexity index is 516. The maximum atomic E-state index is 11.8. The number of carbonyl (C=O) groups excluding carboxylic acids is 1. The molecule has 0 spiro atoms. The largest absolute Gasteiger partial charge is 0.483 e. The summed E-state index contributed by atoms with van der Waals surface area (Å²) < 4.78 is 6.14. The van der Waals surface area contributed by atoms with Crippen molar-refractivity contribution in [3.8, 4) is 5.75 Å². The lowest BCUT2D eigenvalue weighted by atomic mass is 10.0. The van der Waals surface area contributed by atoms with Crippen molar-refractivity contribution >= 4 is 27.8 Å². The van der Waals surface area contributed by atoms with E-state index in [9.17, 15) is 9.59 Å². The highest BCUT2D eigenvalue weighted by molar-refractivity contribution is 9.10. The summed E-state index contributed by atoms with van der Waals surface area (Å²) in [4.78, 5) is 22.8. The molecule has 0 saturated heterocycles. The van der Waals surface area contributed by atoms with Gasteiger partial charge in [-0.1, -0.05) is 19.9 Å². The second kappa shape index (κ2) is 8.02. The van der Waals surface area contributed by atoms with Gasteiger partial charge in [0.25, 0.3) is 5.91 Å². The molecule has 1 aromatic rings. The summed E-state index contributed by atoms with van der Waals surface area (Å²) in [6.45, 7) is 5.54. The number of carboxylic acids is 1. The van der Waals surface area contributed by atoms with Gasteiger partial charge in [0.05, 0.1) is 4.47 Å². The summed E-state index contributed by atoms with van der Waals surface area (Å²) in [6, 6.07) is 4.63. The molecule has 116 valence electrons. The topological polar surface area (TPSA) is 75.6 Å². The first kappa shape index (κ1) is 17.5. The molecule has 1 atom stereocenters. The summed E-state index contributed by atoms with van der Waals surface area (Å²) in [5.74, 6) is -0.755. The minimum Gasteiger partial charge on any atom is -0.483 e. The molecule has 0 unspecified atom stereocenters. The lowest BCUT2D eigenvalue weighted by Gasteiger charge is -2.16. The number of halogens is 1. The molecule has 2 N–H and O–H groups in total. The van der Waals surface area contributed by atoms with Crippen LogP contribution in [0, 0.1) is 12.8 Å². The van der Waals surface area contributed by atoms with Gasteiger partial charge < -0.3 is 15.2 Å². The van der Waals surface area contributed by atoms with Crippen LogP contribution in [-0.4, -0.2) is 29.6 Å². The number of carbonyl (C=O) groups is 2. The Morgan fingerprint density at radius 3 is 2.57 bits per heavy atom. The summed E-state index contributed by atoms with van der Waals surface area (Å²) >= 11 is 3.35. The van der Waals surface area contributed by atoms with Crippen molar-refractivity contribution in [3.05, 3.63) is 28.2 Å². The molecule has 0 aliphatic carbocycles. The second-order valence-corrected chi connectivity index (χ2v) is 6.16. The smallest absolute Gasteiger partial charge is 0.326 e. The predicted molar refractivity (Wildman–Crippen MR) is 83.4 cm³/mol. The summed E-state index contributed by atoms with van der Waals surface area (Å²) in [5, 5.41) is 11.5. The first-order chi connectivity index (χ1) is 9.79. The van der Waals surface area contributed by atoms with Crippen molar-refractivity contribution in [1.82, 2.24) is 5.32 Å². The molecular formula is C15H20BrNO4. The number of benzene rings is 1. The van der Waals surface area contributed by atoms with E-state index in [1.54, 1.807) is 6.07 Å². The van der Waals surface area contributed by atoms with Gasteiger partial charge in [0, 0.05) is 0 Å². The molecule has 0 aliphatic rings. The van der Waals surface area contributed by atoms with E-state index in [1.165, 1.54) is 0 Å². The molecule has 0 radical (unpaired) electrons. The zero-order chi connectivity index (χ0) is 16.0. The van der Waals surface area contributed by atoms with E-state index in [-0.39, 0.29) is 12.5 Å². The molecule has 5 nitrogen and oxygen atoms in total. The van der Waals surface area contributed by atoms with Gasteiger partial charge in [-0.15, -0.1) is 0 Å². The molecule has 0 aliphatic heterocycles.